The molecular formula is C20H20N4O2. The maximum Gasteiger partial charge on any atom is 0.251 e. The summed E-state index contributed by atoms with van der Waals surface area (Å²) < 4.78 is 5.33. The Morgan fingerprint density at radius 1 is 1.04 bits per heavy atom. The van der Waals surface area contributed by atoms with Crippen LogP contribution in [0.15, 0.2) is 67.0 Å². The van der Waals surface area contributed by atoms with Crippen molar-refractivity contribution in [3.05, 3.63) is 78.1 Å². The van der Waals surface area contributed by atoms with Gasteiger partial charge in [-0.05, 0) is 42.3 Å². The molecule has 1 aromatic heterocycles. The van der Waals surface area contributed by atoms with Crippen LogP contribution in [0, 0.1) is 0 Å². The first kappa shape index (κ1) is 17.4. The Balaban J connectivity index is 1.59. The van der Waals surface area contributed by atoms with E-state index < -0.39 is 0 Å². The lowest BCUT2D eigenvalue weighted by molar-refractivity contribution is 0.0954. The van der Waals surface area contributed by atoms with Gasteiger partial charge >= 0.3 is 0 Å². The molecule has 1 heterocycles. The van der Waals surface area contributed by atoms with E-state index in [1.807, 2.05) is 36.4 Å². The van der Waals surface area contributed by atoms with Crippen LogP contribution in [0.4, 0.5) is 11.6 Å². The molecule has 0 atom stereocenters. The summed E-state index contributed by atoms with van der Waals surface area (Å²) in [7, 11) is 1.65. The summed E-state index contributed by atoms with van der Waals surface area (Å²) >= 11 is 0. The number of rotatable bonds is 7. The largest absolute Gasteiger partial charge is 0.496 e. The van der Waals surface area contributed by atoms with Gasteiger partial charge in [0.05, 0.1) is 7.11 Å². The number of para-hydroxylation sites is 1. The molecule has 0 unspecified atom stereocenters. The van der Waals surface area contributed by atoms with Crippen LogP contribution in [-0.4, -0.2) is 29.5 Å². The van der Waals surface area contributed by atoms with Crippen molar-refractivity contribution in [1.82, 2.24) is 15.3 Å². The summed E-state index contributed by atoms with van der Waals surface area (Å²) in [5.74, 6) is 1.19. The zero-order chi connectivity index (χ0) is 18.2. The van der Waals surface area contributed by atoms with Gasteiger partial charge in [0.15, 0.2) is 0 Å². The van der Waals surface area contributed by atoms with Crippen LogP contribution in [0.2, 0.25) is 0 Å². The average molecular weight is 348 g/mol. The molecule has 26 heavy (non-hydrogen) atoms. The molecule has 6 heteroatoms. The Morgan fingerprint density at radius 2 is 1.85 bits per heavy atom. The molecule has 0 aliphatic heterocycles. The number of hydrogen-bond acceptors (Lipinski definition) is 5. The first-order valence-electron chi connectivity index (χ1n) is 8.30. The summed E-state index contributed by atoms with van der Waals surface area (Å²) in [6, 6.07) is 16.8. The third-order valence-electron chi connectivity index (χ3n) is 3.82. The number of nitrogens with one attached hydrogen (secondary N) is 2. The third-order valence-corrected chi connectivity index (χ3v) is 3.82. The molecule has 2 N–H and O–H groups in total. The fourth-order valence-corrected chi connectivity index (χ4v) is 2.55. The van der Waals surface area contributed by atoms with Gasteiger partial charge in [-0.3, -0.25) is 4.79 Å². The Bertz CT molecular complexity index is 868. The molecule has 2 aromatic carbocycles. The second-order valence-corrected chi connectivity index (χ2v) is 5.60. The minimum absolute atomic E-state index is 0.127. The predicted molar refractivity (Wildman–Crippen MR) is 101 cm³/mol. The Hall–Kier alpha value is -3.41. The maximum atomic E-state index is 12.4. The fraction of sp³-hybridized carbons (Fsp3) is 0.150. The van der Waals surface area contributed by atoms with Crippen molar-refractivity contribution >= 4 is 17.5 Å². The second-order valence-electron chi connectivity index (χ2n) is 5.60. The van der Waals surface area contributed by atoms with Gasteiger partial charge in [-0.15, -0.1) is 0 Å². The van der Waals surface area contributed by atoms with Crippen molar-refractivity contribution in [3.63, 3.8) is 0 Å². The van der Waals surface area contributed by atoms with Crippen LogP contribution in [0.25, 0.3) is 0 Å². The van der Waals surface area contributed by atoms with E-state index in [1.165, 1.54) is 0 Å². The molecule has 1 amide bonds. The highest BCUT2D eigenvalue weighted by molar-refractivity contribution is 5.95. The Labute approximate surface area is 152 Å². The van der Waals surface area contributed by atoms with Gasteiger partial charge in [-0.2, -0.15) is 0 Å². The number of nitrogens with zero attached hydrogens (tertiary/aromatic N) is 2. The molecule has 0 bridgehead atoms. The van der Waals surface area contributed by atoms with Gasteiger partial charge in [-0.25, -0.2) is 9.97 Å². The molecule has 0 radical (unpaired) electrons. The van der Waals surface area contributed by atoms with Crippen LogP contribution in [0.1, 0.15) is 15.9 Å². The molecule has 0 spiro atoms. The summed E-state index contributed by atoms with van der Waals surface area (Å²) in [4.78, 5) is 20.6. The van der Waals surface area contributed by atoms with E-state index in [0.717, 1.165) is 17.0 Å². The molecule has 6 nitrogen and oxygen atoms in total. The maximum absolute atomic E-state index is 12.4. The number of benzene rings is 2. The minimum Gasteiger partial charge on any atom is -0.496 e. The lowest BCUT2D eigenvalue weighted by Crippen LogP contribution is -2.25. The summed E-state index contributed by atoms with van der Waals surface area (Å²) in [6.07, 6.45) is 4.01. The van der Waals surface area contributed by atoms with E-state index in [9.17, 15) is 4.79 Å². The highest BCUT2D eigenvalue weighted by atomic mass is 16.5. The van der Waals surface area contributed by atoms with Crippen LogP contribution in [0.3, 0.4) is 0 Å². The van der Waals surface area contributed by atoms with Gasteiger partial charge in [0, 0.05) is 30.2 Å². The van der Waals surface area contributed by atoms with Crippen molar-refractivity contribution in [2.45, 2.75) is 6.42 Å². The highest BCUT2D eigenvalue weighted by Gasteiger charge is 2.08. The summed E-state index contributed by atoms with van der Waals surface area (Å²) in [6.45, 7) is 0.526. The monoisotopic (exact) mass is 348 g/mol. The number of methoxy groups -OCH3 is 1. The number of anilines is 2. The molecule has 0 aliphatic carbocycles. The first-order valence-corrected chi connectivity index (χ1v) is 8.30. The quantitative estimate of drug-likeness (QED) is 0.686. The van der Waals surface area contributed by atoms with Gasteiger partial charge < -0.3 is 15.4 Å². The Kier molecular flexibility index (Phi) is 5.77. The first-order chi connectivity index (χ1) is 12.8. The molecule has 3 rings (SSSR count). The van der Waals surface area contributed by atoms with Gasteiger partial charge in [0.2, 0.25) is 5.95 Å². The second kappa shape index (κ2) is 8.62. The van der Waals surface area contributed by atoms with Crippen LogP contribution in [-0.2, 0) is 6.42 Å². The number of aromatic nitrogens is 2. The molecular weight excluding hydrogens is 328 g/mol. The third kappa shape index (κ3) is 4.57. The SMILES string of the molecule is COc1ccccc1CCNC(=O)c1cccc(Nc2ncccn2)c1. The van der Waals surface area contributed by atoms with Crippen molar-refractivity contribution in [2.75, 3.05) is 19.0 Å². The molecule has 132 valence electrons. The van der Waals surface area contributed by atoms with Crippen molar-refractivity contribution in [3.8, 4) is 5.75 Å². The smallest absolute Gasteiger partial charge is 0.251 e. The zero-order valence-electron chi connectivity index (χ0n) is 14.5. The Morgan fingerprint density at radius 3 is 2.65 bits per heavy atom. The predicted octanol–water partition coefficient (Wildman–Crippen LogP) is 3.20. The van der Waals surface area contributed by atoms with Gasteiger partial charge in [0.1, 0.15) is 5.75 Å². The number of hydrogen-bond donors (Lipinski definition) is 2. The lowest BCUT2D eigenvalue weighted by Gasteiger charge is -2.10. The van der Waals surface area contributed by atoms with Crippen molar-refractivity contribution in [2.24, 2.45) is 0 Å². The molecule has 0 aliphatic rings. The molecule has 0 saturated carbocycles. The van der Waals surface area contributed by atoms with E-state index in [-0.39, 0.29) is 5.91 Å². The van der Waals surface area contributed by atoms with E-state index in [2.05, 4.69) is 20.6 Å². The van der Waals surface area contributed by atoms with Gasteiger partial charge in [-0.1, -0.05) is 24.3 Å². The number of ether oxygens (including phenoxy) is 1. The van der Waals surface area contributed by atoms with Gasteiger partial charge in [0.25, 0.3) is 5.91 Å². The van der Waals surface area contributed by atoms with Crippen molar-refractivity contribution < 1.29 is 9.53 Å². The van der Waals surface area contributed by atoms with Crippen LogP contribution < -0.4 is 15.4 Å². The van der Waals surface area contributed by atoms with Crippen LogP contribution >= 0.6 is 0 Å². The van der Waals surface area contributed by atoms with E-state index >= 15 is 0 Å². The van der Waals surface area contributed by atoms with E-state index in [0.29, 0.717) is 24.5 Å². The minimum atomic E-state index is -0.127. The fourth-order valence-electron chi connectivity index (χ4n) is 2.55. The van der Waals surface area contributed by atoms with Crippen molar-refractivity contribution in [1.29, 1.82) is 0 Å². The van der Waals surface area contributed by atoms with E-state index in [1.54, 1.807) is 37.7 Å². The highest BCUT2D eigenvalue weighted by Crippen LogP contribution is 2.17. The molecule has 3 aromatic rings. The number of amides is 1. The zero-order valence-corrected chi connectivity index (χ0v) is 14.5. The number of carbonyl (C=O) groups is 1. The normalized spacial score (nSPS) is 10.2. The average Bonchev–Trinajstić information content (AvgIpc) is 2.69. The molecule has 0 fully saturated rings. The number of carbonyl (C=O) groups excluding carboxylic acids is 1. The topological polar surface area (TPSA) is 76.1 Å². The molecule has 0 saturated heterocycles. The summed E-state index contributed by atoms with van der Waals surface area (Å²) in [5.41, 5.74) is 2.39. The standard InChI is InChI=1S/C20H20N4O2/c1-26-18-9-3-2-6-15(18)10-13-21-19(25)16-7-4-8-17(14-16)24-20-22-11-5-12-23-20/h2-9,11-12,14H,10,13H2,1H3,(H,21,25)(H,22,23,24). The summed E-state index contributed by atoms with van der Waals surface area (Å²) in [5, 5.41) is 6.01. The van der Waals surface area contributed by atoms with E-state index in [4.69, 9.17) is 4.74 Å². The van der Waals surface area contributed by atoms with Crippen LogP contribution in [0.5, 0.6) is 5.75 Å². The lowest BCUT2D eigenvalue weighted by atomic mass is 10.1.